The predicted molar refractivity (Wildman–Crippen MR) is 161 cm³/mol. The smallest absolute Gasteiger partial charge is 0.414 e. The summed E-state index contributed by atoms with van der Waals surface area (Å²) in [5.41, 5.74) is 3.87. The van der Waals surface area contributed by atoms with Gasteiger partial charge in [-0.1, -0.05) is 66.7 Å². The standard InChI is InChI=1S/C31H39N3O2.C2H2O4/c1-35-30-13-12-28(22-31(30)36-25-27-10-6-3-7-11-27)24-33-18-20-34(21-19-33)29-14-16-32(17-15-29)23-26-8-4-2-5-9-26;3-1(4)2(5)6/h2-13,22,29H,14-21,23-25H2,1H3;(H,3,4)(H,5,6). The van der Waals surface area contributed by atoms with Gasteiger partial charge in [-0.3, -0.25) is 14.7 Å². The van der Waals surface area contributed by atoms with Gasteiger partial charge in [0.15, 0.2) is 11.5 Å². The Morgan fingerprint density at radius 1 is 0.690 bits per heavy atom. The Labute approximate surface area is 247 Å². The first-order valence-corrected chi connectivity index (χ1v) is 14.4. The fraction of sp³-hybridized carbons (Fsp3) is 0.394. The summed E-state index contributed by atoms with van der Waals surface area (Å²) in [6.07, 6.45) is 2.57. The zero-order chi connectivity index (χ0) is 29.7. The molecule has 0 unspecified atom stereocenters. The molecule has 2 saturated heterocycles. The van der Waals surface area contributed by atoms with Crippen molar-refractivity contribution in [2.75, 3.05) is 46.4 Å². The van der Waals surface area contributed by atoms with Crippen LogP contribution in [0.25, 0.3) is 0 Å². The summed E-state index contributed by atoms with van der Waals surface area (Å²) >= 11 is 0. The minimum atomic E-state index is -1.82. The highest BCUT2D eigenvalue weighted by Crippen LogP contribution is 2.30. The van der Waals surface area contributed by atoms with Gasteiger partial charge in [0.2, 0.25) is 0 Å². The Morgan fingerprint density at radius 3 is 1.81 bits per heavy atom. The van der Waals surface area contributed by atoms with Crippen molar-refractivity contribution in [2.24, 2.45) is 0 Å². The third-order valence-electron chi connectivity index (χ3n) is 7.78. The van der Waals surface area contributed by atoms with Gasteiger partial charge in [0, 0.05) is 45.3 Å². The highest BCUT2D eigenvalue weighted by Gasteiger charge is 2.27. The lowest BCUT2D eigenvalue weighted by atomic mass is 10.0. The molecule has 0 bridgehead atoms. The average Bonchev–Trinajstić information content (AvgIpc) is 3.02. The highest BCUT2D eigenvalue weighted by atomic mass is 16.5. The molecule has 2 N–H and O–H groups in total. The number of carbonyl (C=O) groups is 2. The molecule has 5 rings (SSSR count). The summed E-state index contributed by atoms with van der Waals surface area (Å²) in [5, 5.41) is 14.8. The molecular weight excluding hydrogens is 534 g/mol. The number of carboxylic acids is 2. The third-order valence-corrected chi connectivity index (χ3v) is 7.78. The Bertz CT molecular complexity index is 1250. The van der Waals surface area contributed by atoms with Crippen LogP contribution in [0.5, 0.6) is 11.5 Å². The van der Waals surface area contributed by atoms with Crippen LogP contribution in [0.4, 0.5) is 0 Å². The number of hydrogen-bond acceptors (Lipinski definition) is 7. The van der Waals surface area contributed by atoms with E-state index in [1.807, 2.05) is 24.3 Å². The number of likely N-dealkylation sites (tertiary alicyclic amines) is 1. The first-order valence-electron chi connectivity index (χ1n) is 14.4. The van der Waals surface area contributed by atoms with Crippen LogP contribution in [0.3, 0.4) is 0 Å². The lowest BCUT2D eigenvalue weighted by Crippen LogP contribution is -2.52. The van der Waals surface area contributed by atoms with Crippen LogP contribution in [0.15, 0.2) is 78.9 Å². The maximum absolute atomic E-state index is 9.10. The predicted octanol–water partition coefficient (Wildman–Crippen LogP) is 4.21. The number of methoxy groups -OCH3 is 1. The number of piperidine rings is 1. The Hall–Kier alpha value is -3.92. The maximum atomic E-state index is 9.10. The Kier molecular flexibility index (Phi) is 11.8. The third kappa shape index (κ3) is 9.58. The van der Waals surface area contributed by atoms with Crippen LogP contribution >= 0.6 is 0 Å². The molecule has 2 aliphatic rings. The number of aliphatic carboxylic acids is 2. The van der Waals surface area contributed by atoms with E-state index in [2.05, 4.69) is 69.3 Å². The normalized spacial score (nSPS) is 16.7. The van der Waals surface area contributed by atoms with Crippen molar-refractivity contribution >= 4 is 11.9 Å². The zero-order valence-electron chi connectivity index (χ0n) is 24.2. The van der Waals surface area contributed by atoms with Gasteiger partial charge in [0.1, 0.15) is 6.61 Å². The van der Waals surface area contributed by atoms with Crippen LogP contribution in [0.2, 0.25) is 0 Å². The second kappa shape index (κ2) is 15.9. The number of benzene rings is 3. The van der Waals surface area contributed by atoms with E-state index in [0.717, 1.165) is 62.4 Å². The molecule has 3 aromatic carbocycles. The van der Waals surface area contributed by atoms with Crippen LogP contribution in [-0.2, 0) is 29.3 Å². The molecule has 0 amide bonds. The van der Waals surface area contributed by atoms with E-state index in [1.165, 1.54) is 37.1 Å². The second-order valence-corrected chi connectivity index (χ2v) is 10.7. The molecule has 9 nitrogen and oxygen atoms in total. The van der Waals surface area contributed by atoms with E-state index < -0.39 is 11.9 Å². The highest BCUT2D eigenvalue weighted by molar-refractivity contribution is 6.27. The van der Waals surface area contributed by atoms with Crippen LogP contribution in [0.1, 0.15) is 29.5 Å². The summed E-state index contributed by atoms with van der Waals surface area (Å²) < 4.78 is 11.7. The molecule has 42 heavy (non-hydrogen) atoms. The van der Waals surface area contributed by atoms with Gasteiger partial charge in [-0.05, 0) is 54.8 Å². The summed E-state index contributed by atoms with van der Waals surface area (Å²) in [5.74, 6) is -2.04. The van der Waals surface area contributed by atoms with Gasteiger partial charge in [-0.15, -0.1) is 0 Å². The minimum Gasteiger partial charge on any atom is -0.493 e. The number of piperazine rings is 1. The lowest BCUT2D eigenvalue weighted by molar-refractivity contribution is -0.159. The maximum Gasteiger partial charge on any atom is 0.414 e. The van der Waals surface area contributed by atoms with Crippen LogP contribution in [-0.4, -0.2) is 89.3 Å². The topological polar surface area (TPSA) is 103 Å². The molecule has 0 spiro atoms. The molecule has 0 saturated carbocycles. The fourth-order valence-electron chi connectivity index (χ4n) is 5.50. The Morgan fingerprint density at radius 2 is 1.24 bits per heavy atom. The number of nitrogens with zero attached hydrogens (tertiary/aromatic N) is 3. The summed E-state index contributed by atoms with van der Waals surface area (Å²) in [7, 11) is 1.70. The molecule has 9 heteroatoms. The van der Waals surface area contributed by atoms with Gasteiger partial charge < -0.3 is 19.7 Å². The van der Waals surface area contributed by atoms with E-state index in [9.17, 15) is 0 Å². The van der Waals surface area contributed by atoms with Crippen molar-refractivity contribution in [1.82, 2.24) is 14.7 Å². The van der Waals surface area contributed by atoms with Crippen molar-refractivity contribution in [1.29, 1.82) is 0 Å². The number of rotatable bonds is 9. The van der Waals surface area contributed by atoms with Gasteiger partial charge >= 0.3 is 11.9 Å². The molecule has 2 heterocycles. The van der Waals surface area contributed by atoms with Crippen molar-refractivity contribution in [3.05, 3.63) is 95.6 Å². The molecule has 0 radical (unpaired) electrons. The van der Waals surface area contributed by atoms with Crippen LogP contribution in [0, 0.1) is 0 Å². The van der Waals surface area contributed by atoms with E-state index >= 15 is 0 Å². The first-order chi connectivity index (χ1) is 20.4. The monoisotopic (exact) mass is 575 g/mol. The largest absolute Gasteiger partial charge is 0.493 e. The van der Waals surface area contributed by atoms with E-state index in [4.69, 9.17) is 29.3 Å². The van der Waals surface area contributed by atoms with Crippen molar-refractivity contribution < 1.29 is 29.3 Å². The van der Waals surface area contributed by atoms with E-state index in [-0.39, 0.29) is 0 Å². The molecular formula is C33H41N3O6. The van der Waals surface area contributed by atoms with Crippen molar-refractivity contribution in [3.8, 4) is 11.5 Å². The minimum absolute atomic E-state index is 0.545. The molecule has 2 aliphatic heterocycles. The van der Waals surface area contributed by atoms with Crippen molar-refractivity contribution in [2.45, 2.75) is 38.6 Å². The summed E-state index contributed by atoms with van der Waals surface area (Å²) in [4.78, 5) is 26.1. The molecule has 0 atom stereocenters. The molecule has 0 aliphatic carbocycles. The molecule has 2 fully saturated rings. The van der Waals surface area contributed by atoms with Gasteiger partial charge in [-0.2, -0.15) is 0 Å². The van der Waals surface area contributed by atoms with E-state index in [1.54, 1.807) is 7.11 Å². The van der Waals surface area contributed by atoms with Crippen LogP contribution < -0.4 is 9.47 Å². The lowest BCUT2D eigenvalue weighted by Gasteiger charge is -2.43. The van der Waals surface area contributed by atoms with Gasteiger partial charge in [0.25, 0.3) is 0 Å². The number of ether oxygens (including phenoxy) is 2. The molecule has 0 aromatic heterocycles. The summed E-state index contributed by atoms with van der Waals surface area (Å²) in [6.45, 7) is 9.56. The zero-order valence-corrected chi connectivity index (χ0v) is 24.2. The fourth-order valence-corrected chi connectivity index (χ4v) is 5.50. The quantitative estimate of drug-likeness (QED) is 0.363. The second-order valence-electron chi connectivity index (χ2n) is 10.7. The van der Waals surface area contributed by atoms with Gasteiger partial charge in [0.05, 0.1) is 7.11 Å². The van der Waals surface area contributed by atoms with Crippen molar-refractivity contribution in [3.63, 3.8) is 0 Å². The summed E-state index contributed by atoms with van der Waals surface area (Å²) in [6, 6.07) is 28.2. The van der Waals surface area contributed by atoms with E-state index in [0.29, 0.717) is 6.61 Å². The molecule has 224 valence electrons. The number of hydrogen-bond donors (Lipinski definition) is 2. The Balaban J connectivity index is 0.000000612. The average molecular weight is 576 g/mol. The SMILES string of the molecule is COc1ccc(CN2CCN(C3CCN(Cc4ccccc4)CC3)CC2)cc1OCc1ccccc1.O=C(O)C(=O)O. The van der Waals surface area contributed by atoms with Gasteiger partial charge in [-0.25, -0.2) is 9.59 Å². The molecule has 3 aromatic rings. The first kappa shape index (κ1) is 31.0. The number of carboxylic acid groups (broad SMARTS) is 2.